The van der Waals surface area contributed by atoms with E-state index in [2.05, 4.69) is 24.9 Å². The molecule has 0 radical (unpaired) electrons. The molecule has 4 aromatic rings. The molecule has 0 unspecified atom stereocenters. The Morgan fingerprint density at radius 3 is 2.57 bits per heavy atom. The molecule has 0 atom stereocenters. The topological polar surface area (TPSA) is 198 Å². The SMILES string of the molecule is COC(=O)c1cc(C(=O)O)nc2ncc(O)n12.Nc1c(Nc2cc(CNCl)ccc2F)c(=O)c1=O. The lowest BCUT2D eigenvalue weighted by Crippen LogP contribution is -2.36. The van der Waals surface area contributed by atoms with Crippen molar-refractivity contribution in [3.63, 3.8) is 0 Å². The Labute approximate surface area is 199 Å². The van der Waals surface area contributed by atoms with E-state index < -0.39 is 28.6 Å². The Bertz CT molecular complexity index is 1510. The second-order valence-corrected chi connectivity index (χ2v) is 7.04. The van der Waals surface area contributed by atoms with E-state index in [1.807, 2.05) is 0 Å². The van der Waals surface area contributed by atoms with Gasteiger partial charge in [0.05, 0.1) is 19.0 Å². The number of carbonyl (C=O) groups is 2. The number of carboxylic acid groups (broad SMARTS) is 1. The third kappa shape index (κ3) is 5.02. The molecule has 4 rings (SSSR count). The number of nitrogens with zero attached hydrogens (tertiary/aromatic N) is 3. The quantitative estimate of drug-likeness (QED) is 0.141. The number of aromatic nitrogens is 3. The van der Waals surface area contributed by atoms with Crippen LogP contribution in [0.1, 0.15) is 26.5 Å². The number of esters is 1. The van der Waals surface area contributed by atoms with E-state index in [0.717, 1.165) is 23.8 Å². The minimum absolute atomic E-state index is 0.0678. The monoisotopic (exact) mass is 506 g/mol. The van der Waals surface area contributed by atoms with E-state index in [-0.39, 0.29) is 40.1 Å². The number of imidazole rings is 1. The largest absolute Gasteiger partial charge is 0.493 e. The van der Waals surface area contributed by atoms with Crippen LogP contribution >= 0.6 is 11.8 Å². The Morgan fingerprint density at radius 2 is 1.97 bits per heavy atom. The molecule has 0 aliphatic rings. The Balaban J connectivity index is 0.000000196. The van der Waals surface area contributed by atoms with Crippen molar-refractivity contribution in [2.75, 3.05) is 18.2 Å². The zero-order chi connectivity index (χ0) is 25.9. The summed E-state index contributed by atoms with van der Waals surface area (Å²) in [5, 5.41) is 20.8. The highest BCUT2D eigenvalue weighted by molar-refractivity contribution is 6.13. The van der Waals surface area contributed by atoms with Gasteiger partial charge in [0, 0.05) is 12.6 Å². The summed E-state index contributed by atoms with van der Waals surface area (Å²) in [7, 11) is 1.14. The minimum atomic E-state index is -1.31. The summed E-state index contributed by atoms with van der Waals surface area (Å²) in [6, 6.07) is 5.25. The van der Waals surface area contributed by atoms with Crippen molar-refractivity contribution in [1.82, 2.24) is 19.2 Å². The number of benzene rings is 1. The summed E-state index contributed by atoms with van der Waals surface area (Å²) >= 11 is 5.35. The van der Waals surface area contributed by atoms with Gasteiger partial charge < -0.3 is 26.0 Å². The molecular weight excluding hydrogens is 491 g/mol. The maximum absolute atomic E-state index is 13.5. The van der Waals surface area contributed by atoms with Gasteiger partial charge >= 0.3 is 11.9 Å². The summed E-state index contributed by atoms with van der Waals surface area (Å²) in [5.41, 5.74) is 3.85. The molecule has 0 spiro atoms. The number of carbonyl (C=O) groups excluding carboxylic acids is 1. The molecule has 35 heavy (non-hydrogen) atoms. The Morgan fingerprint density at radius 1 is 1.26 bits per heavy atom. The lowest BCUT2D eigenvalue weighted by molar-refractivity contribution is 0.0590. The third-order valence-corrected chi connectivity index (χ3v) is 4.72. The Kier molecular flexibility index (Phi) is 7.27. The van der Waals surface area contributed by atoms with Crippen molar-refractivity contribution in [3.8, 4) is 5.88 Å². The maximum Gasteiger partial charge on any atom is 0.355 e. The molecule has 2 aromatic heterocycles. The van der Waals surface area contributed by atoms with Gasteiger partial charge in [-0.05, 0) is 29.5 Å². The average Bonchev–Trinajstić information content (AvgIpc) is 3.23. The van der Waals surface area contributed by atoms with Crippen LogP contribution in [0.3, 0.4) is 0 Å². The molecule has 0 bridgehead atoms. The molecule has 0 saturated carbocycles. The summed E-state index contributed by atoms with van der Waals surface area (Å²) in [6.45, 7) is 0.331. The number of nitrogen functional groups attached to an aromatic ring is 1. The van der Waals surface area contributed by atoms with Crippen molar-refractivity contribution in [2.45, 2.75) is 6.54 Å². The molecule has 13 nitrogen and oxygen atoms in total. The van der Waals surface area contributed by atoms with Crippen LogP contribution in [0, 0.1) is 5.82 Å². The zero-order valence-corrected chi connectivity index (χ0v) is 18.5. The molecule has 6 N–H and O–H groups in total. The van der Waals surface area contributed by atoms with Gasteiger partial charge in [0.25, 0.3) is 10.9 Å². The van der Waals surface area contributed by atoms with E-state index in [1.165, 1.54) is 12.1 Å². The molecule has 15 heteroatoms. The zero-order valence-electron chi connectivity index (χ0n) is 17.7. The second kappa shape index (κ2) is 10.1. The van der Waals surface area contributed by atoms with Gasteiger partial charge in [-0.3, -0.25) is 9.59 Å². The predicted octanol–water partition coefficient (Wildman–Crippen LogP) is 0.911. The van der Waals surface area contributed by atoms with E-state index in [1.54, 1.807) is 6.07 Å². The highest BCUT2D eigenvalue weighted by Crippen LogP contribution is 2.22. The predicted molar refractivity (Wildman–Crippen MR) is 121 cm³/mol. The number of fused-ring (bicyclic) bond motifs is 1. The van der Waals surface area contributed by atoms with Crippen LogP contribution in [-0.4, -0.2) is 43.6 Å². The number of nitrogens with one attached hydrogen (secondary N) is 2. The highest BCUT2D eigenvalue weighted by Gasteiger charge is 2.20. The second-order valence-electron chi connectivity index (χ2n) is 6.77. The van der Waals surface area contributed by atoms with Crippen molar-refractivity contribution in [3.05, 3.63) is 73.7 Å². The number of carboxylic acids is 1. The van der Waals surface area contributed by atoms with Gasteiger partial charge in [-0.2, -0.15) is 0 Å². The lowest BCUT2D eigenvalue weighted by Gasteiger charge is -2.11. The van der Waals surface area contributed by atoms with Gasteiger partial charge in [-0.1, -0.05) is 6.07 Å². The molecule has 2 aromatic carbocycles. The van der Waals surface area contributed by atoms with Gasteiger partial charge in [-0.15, -0.1) is 0 Å². The molecule has 182 valence electrons. The van der Waals surface area contributed by atoms with Crippen LogP contribution in [0.2, 0.25) is 0 Å². The summed E-state index contributed by atoms with van der Waals surface area (Å²) in [4.78, 5) is 54.1. The number of nitrogens with two attached hydrogens (primary N) is 1. The highest BCUT2D eigenvalue weighted by atomic mass is 35.5. The first-order valence-corrected chi connectivity index (χ1v) is 9.83. The smallest absolute Gasteiger partial charge is 0.355 e. The molecule has 0 aliphatic heterocycles. The molecule has 0 amide bonds. The van der Waals surface area contributed by atoms with Gasteiger partial charge in [0.2, 0.25) is 11.7 Å². The van der Waals surface area contributed by atoms with Crippen molar-refractivity contribution >= 4 is 46.6 Å². The fourth-order valence-corrected chi connectivity index (χ4v) is 3.02. The van der Waals surface area contributed by atoms with Crippen molar-refractivity contribution < 1.29 is 28.9 Å². The minimum Gasteiger partial charge on any atom is -0.493 e. The fraction of sp³-hybridized carbons (Fsp3) is 0.100. The number of hydrogen-bond acceptors (Lipinski definition) is 11. The van der Waals surface area contributed by atoms with E-state index in [0.29, 0.717) is 12.1 Å². The number of rotatable bonds is 6. The third-order valence-electron chi connectivity index (χ3n) is 4.58. The first-order chi connectivity index (χ1) is 16.6. The molecule has 2 heterocycles. The number of hydrogen-bond donors (Lipinski definition) is 5. The average molecular weight is 507 g/mol. The van der Waals surface area contributed by atoms with Crippen LogP contribution in [0.15, 0.2) is 40.1 Å². The van der Waals surface area contributed by atoms with E-state index >= 15 is 0 Å². The van der Waals surface area contributed by atoms with Crippen LogP contribution in [0.5, 0.6) is 5.88 Å². The van der Waals surface area contributed by atoms with Crippen molar-refractivity contribution in [2.24, 2.45) is 0 Å². The molecular formula is C20H16ClFN6O7. The van der Waals surface area contributed by atoms with Gasteiger partial charge in [0.15, 0.2) is 5.69 Å². The van der Waals surface area contributed by atoms with Gasteiger partial charge in [0.1, 0.15) is 22.9 Å². The summed E-state index contributed by atoms with van der Waals surface area (Å²) in [6.07, 6.45) is 1.06. The Hall–Kier alpha value is -4.56. The molecule has 0 aliphatic carbocycles. The van der Waals surface area contributed by atoms with Crippen LogP contribution in [0.4, 0.5) is 21.5 Å². The lowest BCUT2D eigenvalue weighted by atomic mass is 10.1. The number of ether oxygens (including phenoxy) is 1. The maximum atomic E-state index is 13.5. The van der Waals surface area contributed by atoms with E-state index in [9.17, 15) is 28.7 Å². The normalized spacial score (nSPS) is 10.6. The van der Waals surface area contributed by atoms with Crippen LogP contribution < -0.4 is 26.7 Å². The number of aromatic hydroxyl groups is 1. The summed E-state index contributed by atoms with van der Waals surface area (Å²) in [5.74, 6) is -3.08. The van der Waals surface area contributed by atoms with Crippen LogP contribution in [-0.2, 0) is 11.3 Å². The number of methoxy groups -OCH3 is 1. The fourth-order valence-electron chi connectivity index (χ4n) is 2.87. The number of halogens is 2. The first kappa shape index (κ1) is 25.1. The standard InChI is InChI=1S/C11H9ClFN3O2.C9H7N3O5/c12-15-4-5-1-2-6(13)7(3-5)16-9-8(14)10(17)11(9)18;1-17-8(16)5-2-4(7(14)15)11-9-10-3-6(13)12(5)9/h1-3,15-16H,4,14H2;2-3,13H,1H3,(H,14,15). The first-order valence-electron chi connectivity index (χ1n) is 9.45. The van der Waals surface area contributed by atoms with Crippen LogP contribution in [0.25, 0.3) is 5.78 Å². The van der Waals surface area contributed by atoms with Crippen molar-refractivity contribution in [1.29, 1.82) is 0 Å². The molecule has 0 fully saturated rings. The number of aromatic carboxylic acids is 1. The van der Waals surface area contributed by atoms with Gasteiger partial charge in [-0.25, -0.2) is 33.2 Å². The molecule has 0 saturated heterocycles. The van der Waals surface area contributed by atoms with E-state index in [4.69, 9.17) is 22.6 Å². The number of anilines is 3. The summed E-state index contributed by atoms with van der Waals surface area (Å²) < 4.78 is 19.0.